The van der Waals surface area contributed by atoms with Gasteiger partial charge in [-0.1, -0.05) is 0 Å². The maximum absolute atomic E-state index is 13.4. The number of anilines is 1. The molecular formula is C23H31F2N7O4. The minimum atomic E-state index is -2.73. The molecule has 0 aromatic carbocycles. The second-order valence-electron chi connectivity index (χ2n) is 9.07. The molecule has 3 heterocycles. The number of ether oxygens (including phenoxy) is 1. The summed E-state index contributed by atoms with van der Waals surface area (Å²) in [5.41, 5.74) is 1.20. The molecule has 13 heteroatoms. The zero-order valence-electron chi connectivity index (χ0n) is 20.6. The van der Waals surface area contributed by atoms with Gasteiger partial charge in [-0.15, -0.1) is 0 Å². The average molecular weight is 508 g/mol. The van der Waals surface area contributed by atoms with Crippen molar-refractivity contribution >= 4 is 23.6 Å². The Morgan fingerprint density at radius 3 is 2.42 bits per heavy atom. The first-order valence-electron chi connectivity index (χ1n) is 12.1. The molecule has 1 atom stereocenters. The Labute approximate surface area is 207 Å². The molecular weight excluding hydrogens is 476 g/mol. The largest absolute Gasteiger partial charge is 0.450 e. The normalized spacial score (nSPS) is 16.8. The van der Waals surface area contributed by atoms with E-state index in [1.807, 2.05) is 0 Å². The van der Waals surface area contributed by atoms with Crippen LogP contribution >= 0.6 is 0 Å². The highest BCUT2D eigenvalue weighted by Gasteiger charge is 2.30. The lowest BCUT2D eigenvalue weighted by atomic mass is 10.2. The van der Waals surface area contributed by atoms with E-state index < -0.39 is 18.4 Å². The summed E-state index contributed by atoms with van der Waals surface area (Å²) in [5.74, 6) is -0.483. The molecule has 3 amide bonds. The van der Waals surface area contributed by atoms with E-state index in [1.54, 1.807) is 36.8 Å². The number of aryl methyl sites for hydroxylation is 1. The molecule has 0 bridgehead atoms. The van der Waals surface area contributed by atoms with Crippen LogP contribution in [0.4, 0.5) is 19.3 Å². The van der Waals surface area contributed by atoms with Gasteiger partial charge in [0.1, 0.15) is 18.3 Å². The summed E-state index contributed by atoms with van der Waals surface area (Å²) in [7, 11) is 0. The van der Waals surface area contributed by atoms with Gasteiger partial charge in [-0.2, -0.15) is 10.2 Å². The highest BCUT2D eigenvalue weighted by Crippen LogP contribution is 2.40. The highest BCUT2D eigenvalue weighted by atomic mass is 19.3. The predicted octanol–water partition coefficient (Wildman–Crippen LogP) is 2.70. The van der Waals surface area contributed by atoms with E-state index in [4.69, 9.17) is 4.74 Å². The van der Waals surface area contributed by atoms with Crippen molar-refractivity contribution < 1.29 is 27.9 Å². The zero-order valence-corrected chi connectivity index (χ0v) is 20.6. The van der Waals surface area contributed by atoms with E-state index in [1.165, 1.54) is 10.7 Å². The van der Waals surface area contributed by atoms with E-state index >= 15 is 0 Å². The predicted molar refractivity (Wildman–Crippen MR) is 125 cm³/mol. The number of nitrogens with one attached hydrogen (secondary N) is 1. The first-order valence-corrected chi connectivity index (χ1v) is 12.1. The van der Waals surface area contributed by atoms with Gasteiger partial charge in [-0.25, -0.2) is 13.6 Å². The van der Waals surface area contributed by atoms with Gasteiger partial charge in [0.05, 0.1) is 23.7 Å². The molecule has 196 valence electrons. The van der Waals surface area contributed by atoms with Gasteiger partial charge in [0.15, 0.2) is 0 Å². The van der Waals surface area contributed by atoms with Crippen LogP contribution in [-0.2, 0) is 20.9 Å². The van der Waals surface area contributed by atoms with Crippen LogP contribution in [0.1, 0.15) is 62.2 Å². The van der Waals surface area contributed by atoms with Crippen LogP contribution in [-0.4, -0.2) is 80.1 Å². The first-order chi connectivity index (χ1) is 17.2. The Bertz CT molecular complexity index is 1120. The Hall–Kier alpha value is -3.51. The maximum atomic E-state index is 13.4. The quantitative estimate of drug-likeness (QED) is 0.588. The van der Waals surface area contributed by atoms with Gasteiger partial charge in [0.25, 0.3) is 6.43 Å². The van der Waals surface area contributed by atoms with Crippen molar-refractivity contribution in [3.8, 4) is 0 Å². The number of hydrogen-bond acceptors (Lipinski definition) is 6. The molecule has 2 fully saturated rings. The lowest BCUT2D eigenvalue weighted by Crippen LogP contribution is -2.52. The molecule has 1 saturated carbocycles. The van der Waals surface area contributed by atoms with Crippen LogP contribution in [0.3, 0.4) is 0 Å². The van der Waals surface area contributed by atoms with Gasteiger partial charge in [0.2, 0.25) is 11.8 Å². The molecule has 1 saturated heterocycles. The number of piperazine rings is 1. The molecule has 2 aliphatic rings. The number of aromatic nitrogens is 4. The van der Waals surface area contributed by atoms with Gasteiger partial charge < -0.3 is 19.9 Å². The zero-order chi connectivity index (χ0) is 26.0. The van der Waals surface area contributed by atoms with Crippen molar-refractivity contribution in [2.75, 3.05) is 38.1 Å². The van der Waals surface area contributed by atoms with Gasteiger partial charge in [0, 0.05) is 38.3 Å². The summed E-state index contributed by atoms with van der Waals surface area (Å²) >= 11 is 0. The van der Waals surface area contributed by atoms with Crippen LogP contribution in [0.5, 0.6) is 0 Å². The number of alkyl halides is 2. The fourth-order valence-corrected chi connectivity index (χ4v) is 4.16. The summed E-state index contributed by atoms with van der Waals surface area (Å²) in [4.78, 5) is 40.7. The number of nitrogens with zero attached hydrogens (tertiary/aromatic N) is 6. The molecule has 2 aromatic rings. The molecule has 36 heavy (non-hydrogen) atoms. The van der Waals surface area contributed by atoms with Crippen LogP contribution in [0.25, 0.3) is 0 Å². The van der Waals surface area contributed by atoms with Gasteiger partial charge in [-0.05, 0) is 39.7 Å². The second kappa shape index (κ2) is 10.6. The third-order valence-electron chi connectivity index (χ3n) is 6.40. The summed E-state index contributed by atoms with van der Waals surface area (Å²) in [5, 5.41) is 11.3. The standard InChI is InChI=1S/C23H31F2N7O4/c1-4-36-23(35)30-9-7-29(8-10-30)22(34)15(3)31-12-18(14(2)27-31)26-20(33)13-32-19(21(24)25)11-17(28-32)16-5-6-16/h11-12,15-16,21H,4-10,13H2,1-3H3,(H,26,33). The van der Waals surface area contributed by atoms with E-state index in [2.05, 4.69) is 15.5 Å². The third-order valence-corrected chi connectivity index (χ3v) is 6.40. The Kier molecular flexibility index (Phi) is 7.55. The van der Waals surface area contributed by atoms with Gasteiger partial charge >= 0.3 is 6.09 Å². The number of carbonyl (C=O) groups excluding carboxylic acids is 3. The highest BCUT2D eigenvalue weighted by molar-refractivity contribution is 5.91. The van der Waals surface area contributed by atoms with Crippen LogP contribution in [0.15, 0.2) is 12.3 Å². The second-order valence-corrected chi connectivity index (χ2v) is 9.07. The number of amides is 3. The molecule has 4 rings (SSSR count). The van der Waals surface area contributed by atoms with Crippen molar-refractivity contribution in [3.05, 3.63) is 29.3 Å². The number of hydrogen-bond donors (Lipinski definition) is 1. The summed E-state index contributed by atoms with van der Waals surface area (Å²) in [6.45, 7) is 6.60. The summed E-state index contributed by atoms with van der Waals surface area (Å²) in [6.07, 6.45) is 0.274. The van der Waals surface area contributed by atoms with Crippen molar-refractivity contribution in [2.24, 2.45) is 0 Å². The Morgan fingerprint density at radius 2 is 1.81 bits per heavy atom. The van der Waals surface area contributed by atoms with E-state index in [0.29, 0.717) is 49.9 Å². The van der Waals surface area contributed by atoms with Crippen molar-refractivity contribution in [2.45, 2.75) is 58.5 Å². The van der Waals surface area contributed by atoms with Gasteiger partial charge in [-0.3, -0.25) is 19.0 Å². The minimum Gasteiger partial charge on any atom is -0.450 e. The van der Waals surface area contributed by atoms with Crippen LogP contribution in [0, 0.1) is 6.92 Å². The SMILES string of the molecule is CCOC(=O)N1CCN(C(=O)C(C)n2cc(NC(=O)Cn3nc(C4CC4)cc3C(F)F)c(C)n2)CC1. The van der Waals surface area contributed by atoms with Crippen molar-refractivity contribution in [1.29, 1.82) is 0 Å². The molecule has 11 nitrogen and oxygen atoms in total. The molecule has 1 aliphatic carbocycles. The van der Waals surface area contributed by atoms with Crippen LogP contribution < -0.4 is 5.32 Å². The minimum absolute atomic E-state index is 0.162. The third kappa shape index (κ3) is 5.65. The number of rotatable bonds is 8. The molecule has 0 radical (unpaired) electrons. The van der Waals surface area contributed by atoms with Crippen molar-refractivity contribution in [1.82, 2.24) is 29.4 Å². The molecule has 1 unspecified atom stereocenters. The van der Waals surface area contributed by atoms with Crippen LogP contribution in [0.2, 0.25) is 0 Å². The Morgan fingerprint density at radius 1 is 1.14 bits per heavy atom. The lowest BCUT2D eigenvalue weighted by molar-refractivity contribution is -0.136. The lowest BCUT2D eigenvalue weighted by Gasteiger charge is -2.35. The van der Waals surface area contributed by atoms with E-state index in [9.17, 15) is 23.2 Å². The summed E-state index contributed by atoms with van der Waals surface area (Å²) < 4.78 is 34.4. The first kappa shape index (κ1) is 25.6. The number of halogens is 2. The molecule has 0 spiro atoms. The topological polar surface area (TPSA) is 115 Å². The Balaban J connectivity index is 1.36. The van der Waals surface area contributed by atoms with E-state index in [0.717, 1.165) is 17.5 Å². The number of carbonyl (C=O) groups is 3. The molecule has 1 N–H and O–H groups in total. The fourth-order valence-electron chi connectivity index (χ4n) is 4.16. The smallest absolute Gasteiger partial charge is 0.409 e. The van der Waals surface area contributed by atoms with E-state index in [-0.39, 0.29) is 30.2 Å². The fraction of sp³-hybridized carbons (Fsp3) is 0.609. The molecule has 1 aliphatic heterocycles. The monoisotopic (exact) mass is 507 g/mol. The summed E-state index contributed by atoms with van der Waals surface area (Å²) in [6, 6.07) is 0.736. The van der Waals surface area contributed by atoms with Crippen molar-refractivity contribution in [3.63, 3.8) is 0 Å². The maximum Gasteiger partial charge on any atom is 0.409 e. The molecule has 2 aromatic heterocycles. The average Bonchev–Trinajstić information content (AvgIpc) is 3.52.